The smallest absolute Gasteiger partial charge is 0.230 e. The molecule has 152 valence electrons. The van der Waals surface area contributed by atoms with Crippen molar-refractivity contribution in [2.45, 2.75) is 18.2 Å². The van der Waals surface area contributed by atoms with Gasteiger partial charge in [0.2, 0.25) is 5.91 Å². The van der Waals surface area contributed by atoms with Crippen LogP contribution in [0.4, 0.5) is 0 Å². The van der Waals surface area contributed by atoms with Crippen molar-refractivity contribution in [3.05, 3.63) is 60.2 Å². The average molecular weight is 420 g/mol. The second-order valence-corrected chi connectivity index (χ2v) is 8.05. The van der Waals surface area contributed by atoms with E-state index in [1.807, 2.05) is 52.9 Å². The van der Waals surface area contributed by atoms with Gasteiger partial charge in [0, 0.05) is 5.39 Å². The minimum absolute atomic E-state index is 0.0874. The van der Waals surface area contributed by atoms with Crippen LogP contribution in [0, 0.1) is 6.92 Å². The number of benzene rings is 2. The summed E-state index contributed by atoms with van der Waals surface area (Å²) in [5, 5.41) is 13.3. The Morgan fingerprint density at radius 1 is 1.17 bits per heavy atom. The van der Waals surface area contributed by atoms with E-state index in [1.54, 1.807) is 0 Å². The van der Waals surface area contributed by atoms with Crippen LogP contribution in [-0.2, 0) is 4.79 Å². The van der Waals surface area contributed by atoms with Gasteiger partial charge in [0.25, 0.3) is 0 Å². The Morgan fingerprint density at radius 3 is 2.87 bits per heavy atom. The maximum absolute atomic E-state index is 12.4. The van der Waals surface area contributed by atoms with E-state index >= 15 is 0 Å². The van der Waals surface area contributed by atoms with Crippen molar-refractivity contribution in [2.24, 2.45) is 0 Å². The van der Waals surface area contributed by atoms with Gasteiger partial charge in [0.15, 0.2) is 22.3 Å². The number of pyridine rings is 1. The van der Waals surface area contributed by atoms with Crippen molar-refractivity contribution >= 4 is 34.2 Å². The van der Waals surface area contributed by atoms with Crippen LogP contribution in [0.15, 0.2) is 59.8 Å². The number of para-hydroxylation sites is 3. The topological polar surface area (TPSA) is 77.8 Å². The molecule has 1 unspecified atom stereocenters. The highest BCUT2D eigenvalue weighted by Gasteiger charge is 2.21. The summed E-state index contributed by atoms with van der Waals surface area (Å²) in [5.41, 5.74) is 2.96. The lowest BCUT2D eigenvalue weighted by Gasteiger charge is -2.26. The van der Waals surface area contributed by atoms with Gasteiger partial charge in [-0.2, -0.15) is 0 Å². The molecule has 0 fully saturated rings. The number of amides is 1. The Labute approximate surface area is 177 Å². The molecule has 0 radical (unpaired) electrons. The molecule has 0 saturated heterocycles. The first-order valence-electron chi connectivity index (χ1n) is 9.70. The molecule has 0 spiro atoms. The monoisotopic (exact) mass is 420 g/mol. The third kappa shape index (κ3) is 3.54. The van der Waals surface area contributed by atoms with Crippen molar-refractivity contribution in [3.63, 3.8) is 0 Å². The zero-order chi connectivity index (χ0) is 20.5. The van der Waals surface area contributed by atoms with E-state index in [-0.39, 0.29) is 17.8 Å². The Hall–Kier alpha value is -3.26. The van der Waals surface area contributed by atoms with E-state index < -0.39 is 0 Å². The summed E-state index contributed by atoms with van der Waals surface area (Å²) in [6.07, 6.45) is -0.213. The molecule has 3 heterocycles. The first kappa shape index (κ1) is 18.7. The maximum atomic E-state index is 12.4. The third-order valence-corrected chi connectivity index (χ3v) is 5.93. The van der Waals surface area contributed by atoms with E-state index in [9.17, 15) is 4.79 Å². The maximum Gasteiger partial charge on any atom is 0.230 e. The first-order chi connectivity index (χ1) is 14.7. The predicted molar refractivity (Wildman–Crippen MR) is 115 cm³/mol. The van der Waals surface area contributed by atoms with Crippen LogP contribution in [0.2, 0.25) is 0 Å². The normalized spacial score (nSPS) is 15.4. The second kappa shape index (κ2) is 7.87. The summed E-state index contributed by atoms with van der Waals surface area (Å²) < 4.78 is 13.6. The van der Waals surface area contributed by atoms with E-state index in [4.69, 9.17) is 9.47 Å². The van der Waals surface area contributed by atoms with Crippen LogP contribution >= 0.6 is 11.8 Å². The van der Waals surface area contributed by atoms with Crippen LogP contribution in [0.25, 0.3) is 16.6 Å². The number of aryl methyl sites for hydroxylation is 1. The van der Waals surface area contributed by atoms with Crippen molar-refractivity contribution < 1.29 is 14.3 Å². The summed E-state index contributed by atoms with van der Waals surface area (Å²) in [5.74, 6) is 1.59. The Balaban J connectivity index is 1.23. The molecule has 1 N–H and O–H groups in total. The van der Waals surface area contributed by atoms with Gasteiger partial charge in [-0.15, -0.1) is 10.2 Å². The molecule has 2 aromatic carbocycles. The molecule has 4 aromatic rings. The van der Waals surface area contributed by atoms with E-state index in [0.717, 1.165) is 27.9 Å². The molecule has 5 rings (SSSR count). The Kier molecular flexibility index (Phi) is 4.92. The quantitative estimate of drug-likeness (QED) is 0.500. The fourth-order valence-electron chi connectivity index (χ4n) is 3.54. The first-order valence-corrected chi connectivity index (χ1v) is 10.7. The zero-order valence-electron chi connectivity index (χ0n) is 16.4. The number of fused-ring (bicyclic) bond motifs is 4. The lowest BCUT2D eigenvalue weighted by molar-refractivity contribution is -0.119. The zero-order valence-corrected chi connectivity index (χ0v) is 17.2. The van der Waals surface area contributed by atoms with Crippen molar-refractivity contribution in [2.75, 3.05) is 18.9 Å². The molecule has 8 heteroatoms. The van der Waals surface area contributed by atoms with Crippen LogP contribution in [0.5, 0.6) is 11.5 Å². The molecule has 30 heavy (non-hydrogen) atoms. The largest absolute Gasteiger partial charge is 0.486 e. The van der Waals surface area contributed by atoms with Gasteiger partial charge in [-0.3, -0.25) is 9.20 Å². The number of ether oxygens (including phenoxy) is 2. The number of nitrogens with zero attached hydrogens (tertiary/aromatic N) is 3. The molecular formula is C22H20N4O3S. The summed E-state index contributed by atoms with van der Waals surface area (Å²) in [4.78, 5) is 12.4. The fraction of sp³-hybridized carbons (Fsp3) is 0.227. The molecule has 1 atom stereocenters. The lowest BCUT2D eigenvalue weighted by Crippen LogP contribution is -2.41. The molecule has 0 aliphatic carbocycles. The molecule has 1 aliphatic rings. The van der Waals surface area contributed by atoms with Gasteiger partial charge in [-0.05, 0) is 36.8 Å². The third-order valence-electron chi connectivity index (χ3n) is 5.00. The molecule has 0 bridgehead atoms. The summed E-state index contributed by atoms with van der Waals surface area (Å²) in [6.45, 7) is 2.85. The number of nitrogens with one attached hydrogen (secondary N) is 1. The summed E-state index contributed by atoms with van der Waals surface area (Å²) >= 11 is 1.37. The van der Waals surface area contributed by atoms with Crippen LogP contribution in [0.3, 0.4) is 0 Å². The number of carbonyl (C=O) groups excluding carboxylic acids is 1. The molecule has 1 aliphatic heterocycles. The van der Waals surface area contributed by atoms with Crippen molar-refractivity contribution in [1.82, 2.24) is 19.9 Å². The molecule has 1 amide bonds. The van der Waals surface area contributed by atoms with Gasteiger partial charge in [-0.25, -0.2) is 0 Å². The van der Waals surface area contributed by atoms with Gasteiger partial charge < -0.3 is 14.8 Å². The Bertz CT molecular complexity index is 1240. The highest BCUT2D eigenvalue weighted by molar-refractivity contribution is 7.99. The molecule has 7 nitrogen and oxygen atoms in total. The van der Waals surface area contributed by atoms with E-state index in [1.165, 1.54) is 11.8 Å². The molecule has 2 aromatic heterocycles. The van der Waals surface area contributed by atoms with Gasteiger partial charge in [0.1, 0.15) is 12.7 Å². The standard InChI is InChI=1S/C22H20N4O3S/c1-14-10-20-24-25-22(26(20)17-7-3-2-6-16(14)17)30-13-21(27)23-11-15-12-28-18-8-4-5-9-19(18)29-15/h2-10,15H,11-13H2,1H3,(H,23,27). The average Bonchev–Trinajstić information content (AvgIpc) is 3.19. The number of aromatic nitrogens is 3. The highest BCUT2D eigenvalue weighted by atomic mass is 32.2. The highest BCUT2D eigenvalue weighted by Crippen LogP contribution is 2.30. The fourth-order valence-corrected chi connectivity index (χ4v) is 4.32. The minimum Gasteiger partial charge on any atom is -0.486 e. The number of hydrogen-bond donors (Lipinski definition) is 1. The number of rotatable bonds is 5. The Morgan fingerprint density at radius 2 is 1.97 bits per heavy atom. The van der Waals surface area contributed by atoms with Gasteiger partial charge in [0.05, 0.1) is 17.8 Å². The minimum atomic E-state index is -0.213. The van der Waals surface area contributed by atoms with Gasteiger partial charge >= 0.3 is 0 Å². The number of thioether (sulfide) groups is 1. The predicted octanol–water partition coefficient (Wildman–Crippen LogP) is 3.24. The van der Waals surface area contributed by atoms with E-state index in [0.29, 0.717) is 24.1 Å². The molecule has 0 saturated carbocycles. The van der Waals surface area contributed by atoms with Crippen molar-refractivity contribution in [3.8, 4) is 11.5 Å². The second-order valence-electron chi connectivity index (χ2n) is 7.11. The summed E-state index contributed by atoms with van der Waals surface area (Å²) in [6, 6.07) is 17.7. The van der Waals surface area contributed by atoms with Crippen LogP contribution < -0.4 is 14.8 Å². The number of carbonyl (C=O) groups is 1. The van der Waals surface area contributed by atoms with Crippen molar-refractivity contribution in [1.29, 1.82) is 0 Å². The van der Waals surface area contributed by atoms with Crippen LogP contribution in [0.1, 0.15) is 5.56 Å². The lowest BCUT2D eigenvalue weighted by atomic mass is 10.1. The van der Waals surface area contributed by atoms with Gasteiger partial charge in [-0.1, -0.05) is 42.1 Å². The SMILES string of the molecule is Cc1cc2nnc(SCC(=O)NCC3COc4ccccc4O3)n2c2ccccc12. The summed E-state index contributed by atoms with van der Waals surface area (Å²) in [7, 11) is 0. The number of hydrogen-bond acceptors (Lipinski definition) is 6. The van der Waals surface area contributed by atoms with Crippen LogP contribution in [-0.4, -0.2) is 45.5 Å². The molecular weight excluding hydrogens is 400 g/mol. The van der Waals surface area contributed by atoms with E-state index in [2.05, 4.69) is 28.5 Å².